The van der Waals surface area contributed by atoms with Crippen molar-refractivity contribution < 1.29 is 14.7 Å². The first-order valence-corrected chi connectivity index (χ1v) is 8.04. The van der Waals surface area contributed by atoms with Crippen LogP contribution in [0.1, 0.15) is 32.1 Å². The third-order valence-electron chi connectivity index (χ3n) is 3.32. The Labute approximate surface area is 126 Å². The summed E-state index contributed by atoms with van der Waals surface area (Å²) in [6, 6.07) is 0. The van der Waals surface area contributed by atoms with Crippen LogP contribution < -0.4 is 0 Å². The van der Waals surface area contributed by atoms with Crippen molar-refractivity contribution in [3.63, 3.8) is 0 Å². The van der Waals surface area contributed by atoms with Crippen molar-refractivity contribution in [1.82, 2.24) is 25.1 Å². The van der Waals surface area contributed by atoms with Gasteiger partial charge in [-0.25, -0.2) is 4.68 Å². The number of aliphatic carboxylic acids is 1. The maximum absolute atomic E-state index is 12.2. The van der Waals surface area contributed by atoms with Crippen LogP contribution in [0, 0.1) is 0 Å². The van der Waals surface area contributed by atoms with Crippen LogP contribution in [0.3, 0.4) is 0 Å². The minimum atomic E-state index is -1.01. The van der Waals surface area contributed by atoms with Crippen molar-refractivity contribution in [3.8, 4) is 0 Å². The number of rotatable bonds is 5. The highest BCUT2D eigenvalue weighted by Gasteiger charge is 2.17. The number of thioether (sulfide) groups is 1. The van der Waals surface area contributed by atoms with Gasteiger partial charge in [-0.15, -0.1) is 5.10 Å². The molecule has 1 aliphatic rings. The van der Waals surface area contributed by atoms with Crippen LogP contribution in [0.25, 0.3) is 0 Å². The van der Waals surface area contributed by atoms with E-state index in [0.717, 1.165) is 25.9 Å². The van der Waals surface area contributed by atoms with Crippen LogP contribution in [0.2, 0.25) is 0 Å². The van der Waals surface area contributed by atoms with E-state index in [4.69, 9.17) is 5.11 Å². The number of nitrogens with zero attached hydrogens (tertiary/aromatic N) is 5. The summed E-state index contributed by atoms with van der Waals surface area (Å²) in [5, 5.41) is 19.9. The Balaban J connectivity index is 1.85. The van der Waals surface area contributed by atoms with Crippen molar-refractivity contribution in [1.29, 1.82) is 0 Å². The number of aromatic nitrogens is 4. The Morgan fingerprint density at radius 1 is 1.14 bits per heavy atom. The van der Waals surface area contributed by atoms with Crippen molar-refractivity contribution in [3.05, 3.63) is 0 Å². The third kappa shape index (κ3) is 5.00. The van der Waals surface area contributed by atoms with Crippen LogP contribution in [-0.2, 0) is 16.1 Å². The molecule has 0 atom stereocenters. The minimum Gasteiger partial charge on any atom is -0.480 e. The third-order valence-corrected chi connectivity index (χ3v) is 4.26. The second-order valence-corrected chi connectivity index (χ2v) is 5.89. The van der Waals surface area contributed by atoms with Gasteiger partial charge in [0.15, 0.2) is 0 Å². The van der Waals surface area contributed by atoms with Gasteiger partial charge in [-0.3, -0.25) is 9.59 Å². The van der Waals surface area contributed by atoms with Crippen LogP contribution in [-0.4, -0.2) is 60.9 Å². The second-order valence-electron chi connectivity index (χ2n) is 4.95. The molecule has 1 aromatic heterocycles. The van der Waals surface area contributed by atoms with E-state index < -0.39 is 5.97 Å². The summed E-state index contributed by atoms with van der Waals surface area (Å²) in [4.78, 5) is 24.8. The van der Waals surface area contributed by atoms with Gasteiger partial charge in [-0.2, -0.15) is 0 Å². The minimum absolute atomic E-state index is 0.0618. The summed E-state index contributed by atoms with van der Waals surface area (Å²) in [5.41, 5.74) is 0. The number of tetrazole rings is 1. The van der Waals surface area contributed by atoms with Crippen LogP contribution in [0.4, 0.5) is 0 Å². The highest BCUT2D eigenvalue weighted by Crippen LogP contribution is 2.16. The van der Waals surface area contributed by atoms with E-state index in [1.807, 2.05) is 4.90 Å². The molecule has 0 unspecified atom stereocenters. The lowest BCUT2D eigenvalue weighted by Gasteiger charge is -2.24. The normalized spacial score (nSPS) is 16.3. The van der Waals surface area contributed by atoms with E-state index in [-0.39, 0.29) is 18.2 Å². The molecule has 0 saturated carbocycles. The lowest BCUT2D eigenvalue weighted by molar-refractivity contribution is -0.138. The van der Waals surface area contributed by atoms with E-state index >= 15 is 0 Å². The smallest absolute Gasteiger partial charge is 0.325 e. The summed E-state index contributed by atoms with van der Waals surface area (Å²) >= 11 is 1.18. The van der Waals surface area contributed by atoms with Gasteiger partial charge in [-0.05, 0) is 23.3 Å². The molecule has 1 aromatic rings. The number of carboxylic acids is 1. The topological polar surface area (TPSA) is 101 Å². The molecule has 0 aliphatic carbocycles. The molecule has 1 saturated heterocycles. The number of hydrogen-bond donors (Lipinski definition) is 1. The van der Waals surface area contributed by atoms with Crippen molar-refractivity contribution in [2.45, 2.75) is 43.8 Å². The first-order chi connectivity index (χ1) is 10.2. The van der Waals surface area contributed by atoms with E-state index in [0.29, 0.717) is 5.16 Å². The van der Waals surface area contributed by atoms with Crippen molar-refractivity contribution in [2.75, 3.05) is 18.8 Å². The van der Waals surface area contributed by atoms with Gasteiger partial charge in [0.2, 0.25) is 11.1 Å². The fourth-order valence-corrected chi connectivity index (χ4v) is 3.02. The second kappa shape index (κ2) is 7.96. The molecule has 9 heteroatoms. The first kappa shape index (κ1) is 15.7. The summed E-state index contributed by atoms with van der Waals surface area (Å²) in [6.45, 7) is 1.31. The molecule has 2 heterocycles. The Morgan fingerprint density at radius 2 is 1.81 bits per heavy atom. The molecule has 0 spiro atoms. The van der Waals surface area contributed by atoms with E-state index in [1.165, 1.54) is 35.7 Å². The Hall–Kier alpha value is -1.64. The van der Waals surface area contributed by atoms with E-state index in [1.54, 1.807) is 0 Å². The highest BCUT2D eigenvalue weighted by molar-refractivity contribution is 7.99. The van der Waals surface area contributed by atoms with Gasteiger partial charge in [0, 0.05) is 13.1 Å². The van der Waals surface area contributed by atoms with Gasteiger partial charge >= 0.3 is 5.97 Å². The molecule has 21 heavy (non-hydrogen) atoms. The zero-order chi connectivity index (χ0) is 15.1. The predicted octanol–water partition coefficient (Wildman–Crippen LogP) is 0.642. The molecular formula is C12H19N5O3S. The molecule has 2 rings (SSSR count). The maximum atomic E-state index is 12.2. The standard InChI is InChI=1S/C12H19N5O3S/c18-10(16-6-4-2-1-3-5-7-16)9-21-12-13-14-15-17(12)8-11(19)20/h1-9H2,(H,19,20). The molecule has 8 nitrogen and oxygen atoms in total. The number of carbonyl (C=O) groups excluding carboxylic acids is 1. The first-order valence-electron chi connectivity index (χ1n) is 7.05. The number of carbonyl (C=O) groups is 2. The molecule has 0 aromatic carbocycles. The summed E-state index contributed by atoms with van der Waals surface area (Å²) in [7, 11) is 0. The van der Waals surface area contributed by atoms with Crippen LogP contribution >= 0.6 is 11.8 Å². The van der Waals surface area contributed by atoms with Crippen molar-refractivity contribution >= 4 is 23.6 Å². The molecule has 1 N–H and O–H groups in total. The molecular weight excluding hydrogens is 294 g/mol. The van der Waals surface area contributed by atoms with Gasteiger partial charge in [0.25, 0.3) is 0 Å². The van der Waals surface area contributed by atoms with Gasteiger partial charge in [0.1, 0.15) is 6.54 Å². The summed E-state index contributed by atoms with van der Waals surface area (Å²) in [5.74, 6) is -0.717. The highest BCUT2D eigenvalue weighted by atomic mass is 32.2. The number of likely N-dealkylation sites (tertiary alicyclic amines) is 1. The fourth-order valence-electron chi connectivity index (χ4n) is 2.24. The fraction of sp³-hybridized carbons (Fsp3) is 0.750. The quantitative estimate of drug-likeness (QED) is 0.796. The molecule has 116 valence electrons. The number of carboxylic acid groups (broad SMARTS) is 1. The number of hydrogen-bond acceptors (Lipinski definition) is 6. The zero-order valence-corrected chi connectivity index (χ0v) is 12.6. The van der Waals surface area contributed by atoms with E-state index in [2.05, 4.69) is 15.5 Å². The average Bonchev–Trinajstić information content (AvgIpc) is 2.82. The predicted molar refractivity (Wildman–Crippen MR) is 75.8 cm³/mol. The van der Waals surface area contributed by atoms with E-state index in [9.17, 15) is 9.59 Å². The van der Waals surface area contributed by atoms with Gasteiger partial charge < -0.3 is 10.0 Å². The largest absolute Gasteiger partial charge is 0.480 e. The maximum Gasteiger partial charge on any atom is 0.325 e. The monoisotopic (exact) mass is 313 g/mol. The SMILES string of the molecule is O=C(O)Cn1nnnc1SCC(=O)N1CCCCCCC1. The van der Waals surface area contributed by atoms with Gasteiger partial charge in [0.05, 0.1) is 5.75 Å². The van der Waals surface area contributed by atoms with Crippen LogP contribution in [0.15, 0.2) is 5.16 Å². The van der Waals surface area contributed by atoms with Crippen molar-refractivity contribution in [2.24, 2.45) is 0 Å². The summed E-state index contributed by atoms with van der Waals surface area (Å²) in [6.07, 6.45) is 5.70. The van der Waals surface area contributed by atoms with Gasteiger partial charge in [-0.1, -0.05) is 31.0 Å². The number of amides is 1. The molecule has 1 aliphatic heterocycles. The Kier molecular flexibility index (Phi) is 5.97. The lowest BCUT2D eigenvalue weighted by Crippen LogP contribution is -2.35. The molecule has 0 bridgehead atoms. The lowest BCUT2D eigenvalue weighted by atomic mass is 10.1. The molecule has 0 radical (unpaired) electrons. The zero-order valence-electron chi connectivity index (χ0n) is 11.8. The average molecular weight is 313 g/mol. The Bertz CT molecular complexity index is 485. The summed E-state index contributed by atoms with van der Waals surface area (Å²) < 4.78 is 1.19. The Morgan fingerprint density at radius 3 is 2.48 bits per heavy atom. The van der Waals surface area contributed by atoms with Crippen LogP contribution in [0.5, 0.6) is 0 Å². The molecule has 1 fully saturated rings. The molecule has 1 amide bonds.